The van der Waals surface area contributed by atoms with Crippen molar-refractivity contribution in [2.75, 3.05) is 17.4 Å². The second-order valence-corrected chi connectivity index (χ2v) is 16.0. The quantitative estimate of drug-likeness (QED) is 0.0908. The van der Waals surface area contributed by atoms with E-state index in [0.29, 0.717) is 33.0 Å². The molecule has 0 bridgehead atoms. The van der Waals surface area contributed by atoms with Crippen molar-refractivity contribution in [1.82, 2.24) is 5.01 Å². The van der Waals surface area contributed by atoms with Crippen molar-refractivity contribution in [2.24, 2.45) is 23.7 Å². The molecule has 9 rings (SSSR count). The number of carbonyl (C=O) groups excluding carboxylic acids is 5. The molecule has 6 atom stereocenters. The number of phenols is 1. The summed E-state index contributed by atoms with van der Waals surface area (Å²) in [6.07, 6.45) is 1.87. The molecular formula is C46H34Cl2FN3O7. The number of rotatable bonds is 8. The molecule has 1 saturated carbocycles. The maximum atomic E-state index is 15.5. The van der Waals surface area contributed by atoms with Crippen LogP contribution in [0.15, 0.2) is 127 Å². The van der Waals surface area contributed by atoms with Gasteiger partial charge in [-0.2, -0.15) is 5.01 Å². The molecular weight excluding hydrogens is 796 g/mol. The van der Waals surface area contributed by atoms with E-state index in [9.17, 15) is 24.3 Å². The van der Waals surface area contributed by atoms with Crippen molar-refractivity contribution < 1.29 is 38.2 Å². The molecule has 4 amide bonds. The first-order valence-electron chi connectivity index (χ1n) is 18.9. The maximum absolute atomic E-state index is 15.5. The summed E-state index contributed by atoms with van der Waals surface area (Å²) in [5.74, 6) is -8.59. The standard InChI is InChI=1S/C46H34Cl2FN3O7/c1-59-29-17-12-26(13-18-29)46-34(43(56)52(45(46)58)50-37-21-14-27(47)22-35(37)48)23-33-30(39(46)32-8-5-9-36(49)41(32)54)19-20-31-38(33)44(57)51(42(31)55)28-15-10-25(11-16-28)40(53)24-6-3-2-4-7-24/h2-19,21-22,31,33-34,38-39,50,54H,20,23H2,1H3/t31-,33+,34-,38-,39+,46+/m0/s1. The lowest BCUT2D eigenvalue weighted by molar-refractivity contribution is -0.138. The minimum atomic E-state index is -1.79. The fourth-order valence-electron chi connectivity index (χ4n) is 9.73. The van der Waals surface area contributed by atoms with Gasteiger partial charge in [-0.05, 0) is 85.0 Å². The first-order chi connectivity index (χ1) is 28.4. The number of hydrogen-bond acceptors (Lipinski definition) is 8. The molecule has 10 nitrogen and oxygen atoms in total. The zero-order valence-corrected chi connectivity index (χ0v) is 32.8. The summed E-state index contributed by atoms with van der Waals surface area (Å²) in [5, 5.41) is 12.9. The van der Waals surface area contributed by atoms with E-state index in [-0.39, 0.29) is 40.6 Å². The molecule has 0 aromatic heterocycles. The highest BCUT2D eigenvalue weighted by Crippen LogP contribution is 2.65. The smallest absolute Gasteiger partial charge is 0.260 e. The first-order valence-corrected chi connectivity index (χ1v) is 19.7. The van der Waals surface area contributed by atoms with Crippen LogP contribution in [0.5, 0.6) is 11.5 Å². The number of imide groups is 2. The van der Waals surface area contributed by atoms with Crippen molar-refractivity contribution in [1.29, 1.82) is 0 Å². The van der Waals surface area contributed by atoms with Crippen molar-refractivity contribution in [2.45, 2.75) is 24.2 Å². The number of aromatic hydroxyl groups is 1. The van der Waals surface area contributed by atoms with Crippen LogP contribution in [0.25, 0.3) is 0 Å². The van der Waals surface area contributed by atoms with Crippen molar-refractivity contribution in [3.63, 3.8) is 0 Å². The molecule has 59 heavy (non-hydrogen) atoms. The van der Waals surface area contributed by atoms with Crippen LogP contribution in [0.2, 0.25) is 10.0 Å². The Bertz CT molecular complexity index is 2620. The van der Waals surface area contributed by atoms with Gasteiger partial charge in [0.25, 0.3) is 11.8 Å². The lowest BCUT2D eigenvalue weighted by Gasteiger charge is -2.50. The van der Waals surface area contributed by atoms with E-state index in [4.69, 9.17) is 27.9 Å². The van der Waals surface area contributed by atoms with Crippen LogP contribution in [0, 0.1) is 29.5 Å². The molecule has 2 aliphatic carbocycles. The summed E-state index contributed by atoms with van der Waals surface area (Å²) in [6.45, 7) is 0. The molecule has 3 fully saturated rings. The number of halogens is 3. The number of benzene rings is 5. The summed E-state index contributed by atoms with van der Waals surface area (Å²) in [5.41, 5.74) is 3.45. The number of allylic oxidation sites excluding steroid dienone is 2. The molecule has 2 N–H and O–H groups in total. The van der Waals surface area contributed by atoms with Gasteiger partial charge < -0.3 is 9.84 Å². The number of amides is 4. The number of methoxy groups -OCH3 is 1. The highest BCUT2D eigenvalue weighted by molar-refractivity contribution is 6.36. The van der Waals surface area contributed by atoms with Crippen molar-refractivity contribution in [3.8, 4) is 11.5 Å². The highest BCUT2D eigenvalue weighted by Gasteiger charge is 2.70. The Hall–Kier alpha value is -6.30. The van der Waals surface area contributed by atoms with Crippen LogP contribution in [-0.4, -0.2) is 46.6 Å². The molecule has 0 spiro atoms. The molecule has 2 heterocycles. The average molecular weight is 831 g/mol. The Morgan fingerprint density at radius 3 is 2.24 bits per heavy atom. The fraction of sp³-hybridized carbons (Fsp3) is 0.196. The number of anilines is 2. The number of para-hydroxylation sites is 1. The van der Waals surface area contributed by atoms with Gasteiger partial charge in [-0.1, -0.05) is 89.4 Å². The van der Waals surface area contributed by atoms with Gasteiger partial charge in [0.15, 0.2) is 17.3 Å². The number of hydrazine groups is 1. The van der Waals surface area contributed by atoms with Crippen LogP contribution in [0.3, 0.4) is 0 Å². The van der Waals surface area contributed by atoms with E-state index < -0.39 is 70.2 Å². The summed E-state index contributed by atoms with van der Waals surface area (Å²) in [7, 11) is 1.49. The number of phenolic OH excluding ortho intramolecular Hbond substituents is 1. The Kier molecular flexibility index (Phi) is 9.40. The molecule has 0 radical (unpaired) electrons. The van der Waals surface area contributed by atoms with E-state index in [0.717, 1.165) is 16.0 Å². The van der Waals surface area contributed by atoms with Crippen LogP contribution in [-0.2, 0) is 24.6 Å². The average Bonchev–Trinajstić information content (AvgIpc) is 3.63. The second-order valence-electron chi connectivity index (χ2n) is 15.1. The largest absolute Gasteiger partial charge is 0.505 e. The van der Waals surface area contributed by atoms with Crippen LogP contribution in [0.4, 0.5) is 15.8 Å². The minimum absolute atomic E-state index is 0.0416. The van der Waals surface area contributed by atoms with Crippen LogP contribution in [0.1, 0.15) is 45.8 Å². The summed E-state index contributed by atoms with van der Waals surface area (Å²) in [6, 6.07) is 30.2. The number of ketones is 1. The third-order valence-corrected chi connectivity index (χ3v) is 12.9. The van der Waals surface area contributed by atoms with Crippen LogP contribution >= 0.6 is 23.2 Å². The summed E-state index contributed by atoms with van der Waals surface area (Å²) >= 11 is 12.7. The molecule has 4 aliphatic rings. The van der Waals surface area contributed by atoms with E-state index >= 15 is 9.18 Å². The predicted molar refractivity (Wildman–Crippen MR) is 218 cm³/mol. The van der Waals surface area contributed by atoms with Gasteiger partial charge in [0.05, 0.1) is 46.7 Å². The third kappa shape index (κ3) is 5.85. The number of nitrogens with zero attached hydrogens (tertiary/aromatic N) is 2. The van der Waals surface area contributed by atoms with Gasteiger partial charge in [0, 0.05) is 27.6 Å². The Balaban J connectivity index is 1.17. The molecule has 0 unspecified atom stereocenters. The molecule has 296 valence electrons. The molecule has 5 aromatic carbocycles. The zero-order chi connectivity index (χ0) is 41.3. The summed E-state index contributed by atoms with van der Waals surface area (Å²) < 4.78 is 20.9. The lowest BCUT2D eigenvalue weighted by Crippen LogP contribution is -2.53. The Morgan fingerprint density at radius 1 is 0.831 bits per heavy atom. The van der Waals surface area contributed by atoms with Gasteiger partial charge >= 0.3 is 0 Å². The maximum Gasteiger partial charge on any atom is 0.260 e. The zero-order valence-electron chi connectivity index (χ0n) is 31.3. The van der Waals surface area contributed by atoms with E-state index in [1.54, 1.807) is 78.9 Å². The SMILES string of the molecule is COc1ccc([C@@]23C(=O)N(Nc4ccc(Cl)cc4Cl)C(=O)[C@@H]2C[C@@H]2C(=CC[C@@H]4C(=O)N(c5ccc(C(=O)c6ccccc6)cc5)C(=O)[C@@H]42)[C@@H]3c2cccc(F)c2O)cc1. The van der Waals surface area contributed by atoms with Crippen molar-refractivity contribution >= 4 is 64.0 Å². The van der Waals surface area contributed by atoms with Gasteiger partial charge in [0.2, 0.25) is 11.8 Å². The predicted octanol–water partition coefficient (Wildman–Crippen LogP) is 8.27. The number of fused-ring (bicyclic) bond motifs is 4. The number of nitrogens with one attached hydrogen (secondary N) is 1. The van der Waals surface area contributed by atoms with Gasteiger partial charge in [-0.15, -0.1) is 0 Å². The number of hydrogen-bond donors (Lipinski definition) is 2. The molecule has 5 aromatic rings. The first kappa shape index (κ1) is 38.2. The van der Waals surface area contributed by atoms with E-state index in [2.05, 4.69) is 5.43 Å². The monoisotopic (exact) mass is 829 g/mol. The topological polar surface area (TPSA) is 133 Å². The third-order valence-electron chi connectivity index (χ3n) is 12.3. The fourth-order valence-corrected chi connectivity index (χ4v) is 10.2. The summed E-state index contributed by atoms with van der Waals surface area (Å²) in [4.78, 5) is 73.6. The number of carbonyl (C=O) groups is 5. The normalized spacial score (nSPS) is 24.7. The van der Waals surface area contributed by atoms with Crippen molar-refractivity contribution in [3.05, 3.63) is 165 Å². The Morgan fingerprint density at radius 2 is 1.54 bits per heavy atom. The Labute approximate surface area is 347 Å². The van der Waals surface area contributed by atoms with E-state index in [1.807, 2.05) is 12.1 Å². The number of ether oxygens (including phenoxy) is 1. The van der Waals surface area contributed by atoms with Gasteiger partial charge in [-0.3, -0.25) is 34.3 Å². The van der Waals surface area contributed by atoms with E-state index in [1.165, 1.54) is 31.4 Å². The second kappa shape index (κ2) is 14.5. The molecule has 2 aliphatic heterocycles. The molecule has 13 heteroatoms. The highest BCUT2D eigenvalue weighted by atomic mass is 35.5. The lowest BCUT2D eigenvalue weighted by atomic mass is 9.49. The minimum Gasteiger partial charge on any atom is -0.505 e. The molecule has 2 saturated heterocycles. The van der Waals surface area contributed by atoms with Crippen LogP contribution < -0.4 is 15.1 Å². The van der Waals surface area contributed by atoms with Gasteiger partial charge in [0.1, 0.15) is 5.75 Å². The van der Waals surface area contributed by atoms with Gasteiger partial charge in [-0.25, -0.2) is 4.39 Å².